The Bertz CT molecular complexity index is 870. The highest BCUT2D eigenvalue weighted by molar-refractivity contribution is 5.76. The van der Waals surface area contributed by atoms with Crippen LogP contribution in [-0.2, 0) is 11.2 Å². The van der Waals surface area contributed by atoms with Crippen molar-refractivity contribution in [2.75, 3.05) is 38.8 Å². The summed E-state index contributed by atoms with van der Waals surface area (Å²) in [5, 5.41) is 2.61. The lowest BCUT2D eigenvalue weighted by Crippen LogP contribution is -2.23. The summed E-state index contributed by atoms with van der Waals surface area (Å²) in [4.78, 5) is 19.5. The number of aromatic nitrogens is 2. The minimum absolute atomic E-state index is 0.121. The molecule has 0 fully saturated rings. The first-order valence-electron chi connectivity index (χ1n) is 8.93. The Morgan fingerprint density at radius 1 is 1.24 bits per heavy atom. The third-order valence-corrected chi connectivity index (χ3v) is 4.01. The van der Waals surface area contributed by atoms with Gasteiger partial charge in [-0.05, 0) is 24.1 Å². The van der Waals surface area contributed by atoms with Gasteiger partial charge in [-0.1, -0.05) is 5.92 Å². The predicted molar refractivity (Wildman–Crippen MR) is 110 cm³/mol. The summed E-state index contributed by atoms with van der Waals surface area (Å²) in [6.07, 6.45) is 7.99. The van der Waals surface area contributed by atoms with Crippen LogP contribution in [0.4, 0.5) is 11.8 Å². The minimum atomic E-state index is -0.121. The molecule has 1 aromatic carbocycles. The summed E-state index contributed by atoms with van der Waals surface area (Å²) < 4.78 is 16.7. The smallest absolute Gasteiger partial charge is 0.221 e. The molecule has 5 N–H and O–H groups in total. The topological polar surface area (TPSA) is 135 Å². The van der Waals surface area contributed by atoms with Gasteiger partial charge in [0.2, 0.25) is 17.6 Å². The molecule has 0 aliphatic carbocycles. The van der Waals surface area contributed by atoms with Gasteiger partial charge < -0.3 is 31.0 Å². The molecule has 2 rings (SSSR count). The van der Waals surface area contributed by atoms with Crippen LogP contribution in [0.1, 0.15) is 24.0 Å². The lowest BCUT2D eigenvalue weighted by Gasteiger charge is -2.16. The molecular weight excluding hydrogens is 374 g/mol. The van der Waals surface area contributed by atoms with E-state index in [0.717, 1.165) is 11.1 Å². The summed E-state index contributed by atoms with van der Waals surface area (Å²) in [7, 11) is 3.08. The molecule has 0 saturated heterocycles. The van der Waals surface area contributed by atoms with Crippen LogP contribution in [0.2, 0.25) is 0 Å². The molecule has 29 heavy (non-hydrogen) atoms. The van der Waals surface area contributed by atoms with Crippen LogP contribution in [0, 0.1) is 12.3 Å². The third-order valence-electron chi connectivity index (χ3n) is 4.01. The van der Waals surface area contributed by atoms with Gasteiger partial charge in [0.1, 0.15) is 5.82 Å². The van der Waals surface area contributed by atoms with E-state index in [2.05, 4.69) is 21.2 Å². The molecule has 154 valence electrons. The minimum Gasteiger partial charge on any atom is -0.493 e. The van der Waals surface area contributed by atoms with E-state index >= 15 is 0 Å². The number of carbonyl (C=O) groups is 1. The van der Waals surface area contributed by atoms with Crippen LogP contribution in [-0.4, -0.2) is 43.2 Å². The molecular formula is C20H25N5O4. The van der Waals surface area contributed by atoms with E-state index in [4.69, 9.17) is 32.1 Å². The van der Waals surface area contributed by atoms with Crippen molar-refractivity contribution in [1.29, 1.82) is 0 Å². The highest BCUT2D eigenvalue weighted by Gasteiger charge is 2.16. The Labute approximate surface area is 169 Å². The monoisotopic (exact) mass is 399 g/mol. The Hall–Kier alpha value is -3.67. The average Bonchev–Trinajstić information content (AvgIpc) is 2.71. The molecule has 9 nitrogen and oxygen atoms in total. The molecule has 0 bridgehead atoms. The van der Waals surface area contributed by atoms with Crippen LogP contribution in [0.3, 0.4) is 0 Å². The molecule has 1 amide bonds. The number of nitrogens with zero attached hydrogens (tertiary/aromatic N) is 2. The molecule has 0 radical (unpaired) electrons. The number of nitrogens with two attached hydrogens (primary N) is 2. The van der Waals surface area contributed by atoms with Gasteiger partial charge in [-0.2, -0.15) is 4.98 Å². The van der Waals surface area contributed by atoms with Gasteiger partial charge in [-0.3, -0.25) is 4.79 Å². The molecule has 0 saturated carbocycles. The fourth-order valence-corrected chi connectivity index (χ4v) is 2.61. The van der Waals surface area contributed by atoms with Crippen LogP contribution in [0.5, 0.6) is 17.2 Å². The van der Waals surface area contributed by atoms with Crippen molar-refractivity contribution in [1.82, 2.24) is 15.3 Å². The van der Waals surface area contributed by atoms with Gasteiger partial charge in [-0.25, -0.2) is 4.98 Å². The second-order valence-corrected chi connectivity index (χ2v) is 6.08. The van der Waals surface area contributed by atoms with Crippen molar-refractivity contribution in [3.05, 3.63) is 29.5 Å². The summed E-state index contributed by atoms with van der Waals surface area (Å²) in [6, 6.07) is 3.65. The zero-order chi connectivity index (χ0) is 21.2. The highest BCUT2D eigenvalue weighted by Crippen LogP contribution is 2.39. The number of rotatable bonds is 10. The maximum Gasteiger partial charge on any atom is 0.221 e. The number of nitrogens with one attached hydrogen (secondary N) is 1. The largest absolute Gasteiger partial charge is 0.493 e. The lowest BCUT2D eigenvalue weighted by molar-refractivity contribution is -0.121. The zero-order valence-electron chi connectivity index (χ0n) is 16.5. The fourth-order valence-electron chi connectivity index (χ4n) is 2.61. The maximum absolute atomic E-state index is 11.6. The highest BCUT2D eigenvalue weighted by atomic mass is 16.5. The van der Waals surface area contributed by atoms with E-state index in [1.165, 1.54) is 0 Å². The van der Waals surface area contributed by atoms with E-state index in [-0.39, 0.29) is 18.4 Å². The van der Waals surface area contributed by atoms with Gasteiger partial charge in [-0.15, -0.1) is 6.42 Å². The number of hydrogen-bond acceptors (Lipinski definition) is 8. The van der Waals surface area contributed by atoms with Crippen LogP contribution < -0.4 is 31.0 Å². The van der Waals surface area contributed by atoms with Crippen molar-refractivity contribution >= 4 is 17.7 Å². The van der Waals surface area contributed by atoms with E-state index in [1.807, 2.05) is 12.1 Å². The second kappa shape index (κ2) is 10.6. The normalized spacial score (nSPS) is 10.1. The summed E-state index contributed by atoms with van der Waals surface area (Å²) >= 11 is 0. The quantitative estimate of drug-likeness (QED) is 0.400. The number of terminal acetylenes is 1. The number of amides is 1. The second-order valence-electron chi connectivity index (χ2n) is 6.08. The molecule has 0 aliphatic rings. The van der Waals surface area contributed by atoms with Gasteiger partial charge in [0, 0.05) is 24.6 Å². The first-order valence-corrected chi connectivity index (χ1v) is 8.93. The van der Waals surface area contributed by atoms with Crippen molar-refractivity contribution in [2.45, 2.75) is 19.3 Å². The first kappa shape index (κ1) is 21.6. The maximum atomic E-state index is 11.6. The van der Waals surface area contributed by atoms with Gasteiger partial charge in [0.05, 0.1) is 27.4 Å². The number of benzene rings is 1. The summed E-state index contributed by atoms with van der Waals surface area (Å²) in [5.41, 5.74) is 13.1. The van der Waals surface area contributed by atoms with Gasteiger partial charge >= 0.3 is 0 Å². The SMILES string of the molecule is C#CCNC(=O)CCCOc1c(OC)cc(Cc2cnc(N)nc2N)cc1OC. The number of methoxy groups -OCH3 is 2. The van der Waals surface area contributed by atoms with E-state index < -0.39 is 0 Å². The fraction of sp³-hybridized carbons (Fsp3) is 0.350. The number of hydrogen-bond donors (Lipinski definition) is 3. The van der Waals surface area contributed by atoms with Crippen LogP contribution >= 0.6 is 0 Å². The Kier molecular flexibility index (Phi) is 7.91. The average molecular weight is 399 g/mol. The molecule has 2 aromatic rings. The lowest BCUT2D eigenvalue weighted by atomic mass is 10.1. The summed E-state index contributed by atoms with van der Waals surface area (Å²) in [5.74, 6) is 4.15. The van der Waals surface area contributed by atoms with Gasteiger partial charge in [0.15, 0.2) is 11.5 Å². The zero-order valence-corrected chi connectivity index (χ0v) is 16.5. The molecule has 0 aliphatic heterocycles. The van der Waals surface area contributed by atoms with Crippen molar-refractivity contribution in [3.8, 4) is 29.6 Å². The number of carbonyl (C=O) groups excluding carboxylic acids is 1. The summed E-state index contributed by atoms with van der Waals surface area (Å²) in [6.45, 7) is 0.528. The Morgan fingerprint density at radius 2 is 1.93 bits per heavy atom. The standard InChI is InChI=1S/C20H25N5O4/c1-4-7-23-17(26)6-5-8-29-18-15(27-2)10-13(11-16(18)28-3)9-14-12-24-20(22)25-19(14)21/h1,10-12H,5-9H2,2-3H3,(H,23,26)(H4,21,22,24,25). The molecule has 1 aromatic heterocycles. The first-order chi connectivity index (χ1) is 14.0. The van der Waals surface area contributed by atoms with Crippen molar-refractivity contribution in [2.24, 2.45) is 0 Å². The third kappa shape index (κ3) is 6.17. The van der Waals surface area contributed by atoms with Crippen molar-refractivity contribution in [3.63, 3.8) is 0 Å². The number of anilines is 2. The van der Waals surface area contributed by atoms with Crippen molar-refractivity contribution < 1.29 is 19.0 Å². The number of nitrogen functional groups attached to an aromatic ring is 2. The van der Waals surface area contributed by atoms with Gasteiger partial charge in [0.25, 0.3) is 0 Å². The molecule has 1 heterocycles. The molecule has 0 spiro atoms. The Morgan fingerprint density at radius 3 is 2.52 bits per heavy atom. The molecule has 0 unspecified atom stereocenters. The number of ether oxygens (including phenoxy) is 3. The van der Waals surface area contributed by atoms with Crippen LogP contribution in [0.25, 0.3) is 0 Å². The van der Waals surface area contributed by atoms with Crippen LogP contribution in [0.15, 0.2) is 18.3 Å². The predicted octanol–water partition coefficient (Wildman–Crippen LogP) is 1.16. The molecule has 0 atom stereocenters. The van der Waals surface area contributed by atoms with E-state index in [1.54, 1.807) is 20.4 Å². The molecule has 9 heteroatoms. The van der Waals surface area contributed by atoms with E-state index in [9.17, 15) is 4.79 Å². The van der Waals surface area contributed by atoms with E-state index in [0.29, 0.717) is 48.9 Å². The Balaban J connectivity index is 2.09.